The Labute approximate surface area is 200 Å². The molecule has 7 nitrogen and oxygen atoms in total. The third kappa shape index (κ3) is 4.89. The number of amides is 1. The Morgan fingerprint density at radius 1 is 1.06 bits per heavy atom. The van der Waals surface area contributed by atoms with Gasteiger partial charge in [-0.15, -0.1) is 0 Å². The van der Waals surface area contributed by atoms with Gasteiger partial charge in [-0.25, -0.2) is 9.97 Å². The maximum atomic E-state index is 12.1. The molecule has 1 fully saturated rings. The first kappa shape index (κ1) is 22.3. The van der Waals surface area contributed by atoms with E-state index in [1.54, 1.807) is 7.05 Å². The Balaban J connectivity index is 1.45. The number of aromatic nitrogens is 3. The summed E-state index contributed by atoms with van der Waals surface area (Å²) in [6.45, 7) is 4.40. The summed E-state index contributed by atoms with van der Waals surface area (Å²) in [7, 11) is 1.64. The zero-order valence-electron chi connectivity index (χ0n) is 19.7. The molecule has 7 heteroatoms. The predicted molar refractivity (Wildman–Crippen MR) is 137 cm³/mol. The first-order valence-corrected chi connectivity index (χ1v) is 12.3. The Kier molecular flexibility index (Phi) is 6.72. The van der Waals surface area contributed by atoms with Crippen LogP contribution in [-0.2, 0) is 6.42 Å². The van der Waals surface area contributed by atoms with E-state index in [2.05, 4.69) is 32.7 Å². The number of H-pyrrole nitrogens is 1. The van der Waals surface area contributed by atoms with E-state index in [0.29, 0.717) is 12.0 Å². The minimum atomic E-state index is -0.104. The number of rotatable bonds is 8. The second kappa shape index (κ2) is 10.2. The zero-order valence-corrected chi connectivity index (χ0v) is 19.7. The number of fused-ring (bicyclic) bond motifs is 3. The summed E-state index contributed by atoms with van der Waals surface area (Å²) in [5.74, 6) is 1.52. The van der Waals surface area contributed by atoms with Crippen molar-refractivity contribution >= 4 is 33.7 Å². The van der Waals surface area contributed by atoms with Crippen molar-refractivity contribution in [1.82, 2.24) is 25.2 Å². The predicted octanol–water partition coefficient (Wildman–Crippen LogP) is 4.35. The highest BCUT2D eigenvalue weighted by Crippen LogP contribution is 2.30. The van der Waals surface area contributed by atoms with Gasteiger partial charge in [-0.2, -0.15) is 0 Å². The van der Waals surface area contributed by atoms with Crippen LogP contribution in [0.3, 0.4) is 0 Å². The normalized spacial score (nSPS) is 14.5. The number of piperidine rings is 1. The monoisotopic (exact) mass is 456 g/mol. The first-order valence-electron chi connectivity index (χ1n) is 12.3. The molecule has 5 rings (SSSR count). The average molecular weight is 457 g/mol. The minimum absolute atomic E-state index is 0.104. The number of carbonyl (C=O) groups is 1. The molecule has 1 aliphatic heterocycles. The largest absolute Gasteiger partial charge is 0.369 e. The van der Waals surface area contributed by atoms with Crippen LogP contribution >= 0.6 is 0 Å². The van der Waals surface area contributed by atoms with Crippen LogP contribution in [-0.4, -0.2) is 59.0 Å². The van der Waals surface area contributed by atoms with Crippen LogP contribution in [0.2, 0.25) is 0 Å². The summed E-state index contributed by atoms with van der Waals surface area (Å²) in [6.07, 6.45) is 5.73. The molecule has 0 unspecified atom stereocenters. The highest BCUT2D eigenvalue weighted by Gasteiger charge is 2.16. The fraction of sp³-hybridized carbons (Fsp3) is 0.370. The Morgan fingerprint density at radius 2 is 1.88 bits per heavy atom. The average Bonchev–Trinajstić information content (AvgIpc) is 3.25. The molecule has 1 saturated heterocycles. The quantitative estimate of drug-likeness (QED) is 0.343. The molecule has 0 radical (unpaired) electrons. The second-order valence-electron chi connectivity index (χ2n) is 9.02. The third-order valence-corrected chi connectivity index (χ3v) is 6.58. The van der Waals surface area contributed by atoms with E-state index < -0.39 is 0 Å². The van der Waals surface area contributed by atoms with Gasteiger partial charge in [0.15, 0.2) is 0 Å². The maximum Gasteiger partial charge on any atom is 0.251 e. The van der Waals surface area contributed by atoms with Crippen LogP contribution in [0, 0.1) is 0 Å². The topological polar surface area (TPSA) is 85.9 Å². The van der Waals surface area contributed by atoms with Gasteiger partial charge in [0.1, 0.15) is 17.3 Å². The van der Waals surface area contributed by atoms with Gasteiger partial charge < -0.3 is 20.5 Å². The summed E-state index contributed by atoms with van der Waals surface area (Å²) < 4.78 is 0. The van der Waals surface area contributed by atoms with E-state index in [4.69, 9.17) is 9.97 Å². The molecule has 3 heterocycles. The molecule has 0 atom stereocenters. The van der Waals surface area contributed by atoms with Crippen molar-refractivity contribution in [3.63, 3.8) is 0 Å². The molecule has 0 bridgehead atoms. The molecule has 1 amide bonds. The fourth-order valence-corrected chi connectivity index (χ4v) is 4.81. The Morgan fingerprint density at radius 3 is 2.68 bits per heavy atom. The van der Waals surface area contributed by atoms with E-state index in [9.17, 15) is 4.79 Å². The maximum absolute atomic E-state index is 12.1. The molecule has 176 valence electrons. The number of aromatic amines is 1. The zero-order chi connectivity index (χ0) is 23.3. The van der Waals surface area contributed by atoms with Crippen LogP contribution in [0.4, 0.5) is 5.82 Å². The molecule has 3 N–H and O–H groups in total. The summed E-state index contributed by atoms with van der Waals surface area (Å²) >= 11 is 0. The van der Waals surface area contributed by atoms with Gasteiger partial charge in [0.2, 0.25) is 0 Å². The molecule has 0 saturated carbocycles. The summed E-state index contributed by atoms with van der Waals surface area (Å²) in [6, 6.07) is 16.0. The van der Waals surface area contributed by atoms with E-state index in [-0.39, 0.29) is 5.91 Å². The third-order valence-electron chi connectivity index (χ3n) is 6.58. The van der Waals surface area contributed by atoms with Crippen LogP contribution < -0.4 is 10.6 Å². The number of hydrogen-bond acceptors (Lipinski definition) is 5. The van der Waals surface area contributed by atoms with Gasteiger partial charge in [0.05, 0.1) is 5.39 Å². The lowest BCUT2D eigenvalue weighted by Gasteiger charge is -2.26. The highest BCUT2D eigenvalue weighted by molar-refractivity contribution is 6.12. The second-order valence-corrected chi connectivity index (χ2v) is 9.02. The van der Waals surface area contributed by atoms with E-state index in [1.165, 1.54) is 37.9 Å². The number of carbonyl (C=O) groups excluding carboxylic acids is 1. The first-order chi connectivity index (χ1) is 16.7. The molecule has 34 heavy (non-hydrogen) atoms. The lowest BCUT2D eigenvalue weighted by atomic mass is 10.1. The van der Waals surface area contributed by atoms with Crippen molar-refractivity contribution in [2.45, 2.75) is 32.1 Å². The van der Waals surface area contributed by atoms with Crippen molar-refractivity contribution in [2.75, 3.05) is 38.5 Å². The van der Waals surface area contributed by atoms with Crippen molar-refractivity contribution in [1.29, 1.82) is 0 Å². The van der Waals surface area contributed by atoms with Gasteiger partial charge in [-0.05, 0) is 56.6 Å². The van der Waals surface area contributed by atoms with Crippen molar-refractivity contribution in [3.8, 4) is 0 Å². The smallest absolute Gasteiger partial charge is 0.251 e. The number of nitrogens with one attached hydrogen (secondary N) is 3. The van der Waals surface area contributed by atoms with Crippen LogP contribution in [0.1, 0.15) is 47.4 Å². The molecule has 4 aromatic rings. The van der Waals surface area contributed by atoms with Gasteiger partial charge in [-0.3, -0.25) is 4.79 Å². The SMILES string of the molecule is CNC(=O)c1ccc2c(c1)[nH]c1nc(Cc3ccccc3)nc(NCCCN3CCCCC3)c12. The van der Waals surface area contributed by atoms with Crippen molar-refractivity contribution in [2.24, 2.45) is 0 Å². The molecular weight excluding hydrogens is 424 g/mol. The standard InChI is InChI=1S/C27H32N6O/c1-28-27(34)20-11-12-21-22(18-20)30-26-24(21)25(29-13-8-16-33-14-6-3-7-15-33)31-23(32-26)17-19-9-4-2-5-10-19/h2,4-5,9-12,18H,3,6-8,13-17H2,1H3,(H,28,34)(H2,29,30,31,32). The van der Waals surface area contributed by atoms with Gasteiger partial charge in [0, 0.05) is 36.5 Å². The Bertz CT molecular complexity index is 1280. The van der Waals surface area contributed by atoms with Gasteiger partial charge >= 0.3 is 0 Å². The number of anilines is 1. The van der Waals surface area contributed by atoms with Crippen LogP contribution in [0.25, 0.3) is 21.9 Å². The lowest BCUT2D eigenvalue weighted by Crippen LogP contribution is -2.31. The number of likely N-dealkylation sites (tertiary alicyclic amines) is 1. The molecule has 2 aromatic carbocycles. The number of hydrogen-bond donors (Lipinski definition) is 3. The number of nitrogens with zero attached hydrogens (tertiary/aromatic N) is 3. The highest BCUT2D eigenvalue weighted by atomic mass is 16.1. The molecule has 1 aliphatic rings. The molecular formula is C27H32N6O. The summed E-state index contributed by atoms with van der Waals surface area (Å²) in [5, 5.41) is 8.30. The lowest BCUT2D eigenvalue weighted by molar-refractivity contribution is 0.0963. The Hall–Kier alpha value is -3.45. The minimum Gasteiger partial charge on any atom is -0.369 e. The summed E-state index contributed by atoms with van der Waals surface area (Å²) in [5.41, 5.74) is 3.48. The van der Waals surface area contributed by atoms with E-state index >= 15 is 0 Å². The van der Waals surface area contributed by atoms with E-state index in [1.807, 2.05) is 36.4 Å². The van der Waals surface area contributed by atoms with Crippen LogP contribution in [0.5, 0.6) is 0 Å². The van der Waals surface area contributed by atoms with Crippen molar-refractivity contribution < 1.29 is 4.79 Å². The fourth-order valence-electron chi connectivity index (χ4n) is 4.81. The van der Waals surface area contributed by atoms with Crippen molar-refractivity contribution in [3.05, 3.63) is 65.5 Å². The van der Waals surface area contributed by atoms with E-state index in [0.717, 1.165) is 53.1 Å². The van der Waals surface area contributed by atoms with Gasteiger partial charge in [0.25, 0.3) is 5.91 Å². The molecule has 2 aromatic heterocycles. The van der Waals surface area contributed by atoms with Gasteiger partial charge in [-0.1, -0.05) is 42.8 Å². The molecule has 0 aliphatic carbocycles. The number of benzene rings is 2. The summed E-state index contributed by atoms with van der Waals surface area (Å²) in [4.78, 5) is 27.9. The molecule has 0 spiro atoms. The van der Waals surface area contributed by atoms with Crippen LogP contribution in [0.15, 0.2) is 48.5 Å².